The molecule has 4 heteroatoms. The maximum Gasteiger partial charge on any atom is 0.224 e. The summed E-state index contributed by atoms with van der Waals surface area (Å²) in [6.07, 6.45) is 1.23. The van der Waals surface area contributed by atoms with Gasteiger partial charge in [0.1, 0.15) is 0 Å². The maximum absolute atomic E-state index is 12.2. The van der Waals surface area contributed by atoms with Gasteiger partial charge in [-0.15, -0.1) is 0 Å². The monoisotopic (exact) mass is 374 g/mol. The summed E-state index contributed by atoms with van der Waals surface area (Å²) in [6.45, 7) is 5.80. The van der Waals surface area contributed by atoms with Crippen LogP contribution in [-0.2, 0) is 17.8 Å². The first-order chi connectivity index (χ1) is 11.1. The van der Waals surface area contributed by atoms with Gasteiger partial charge in [0.05, 0.1) is 0 Å². The lowest BCUT2D eigenvalue weighted by atomic mass is 10.1. The Bertz CT molecular complexity index is 670. The molecule has 0 heterocycles. The number of hydrogen-bond acceptors (Lipinski definition) is 2. The average molecular weight is 375 g/mol. The fourth-order valence-electron chi connectivity index (χ4n) is 2.39. The smallest absolute Gasteiger partial charge is 0.224 e. The second-order valence-corrected chi connectivity index (χ2v) is 6.42. The molecule has 0 aliphatic carbocycles. The third-order valence-corrected chi connectivity index (χ3v) is 4.61. The number of carbonyl (C=O) groups is 1. The first-order valence-corrected chi connectivity index (χ1v) is 8.73. The number of rotatable bonds is 7. The van der Waals surface area contributed by atoms with Crippen molar-refractivity contribution < 1.29 is 4.79 Å². The molecule has 0 aromatic heterocycles. The van der Waals surface area contributed by atoms with Crippen LogP contribution in [0.4, 0.5) is 5.69 Å². The second-order valence-electron chi connectivity index (χ2n) is 5.57. The van der Waals surface area contributed by atoms with Crippen molar-refractivity contribution in [2.45, 2.75) is 33.2 Å². The minimum Gasteiger partial charge on any atom is -0.326 e. The number of para-hydroxylation sites is 1. The number of carbonyl (C=O) groups excluding carboxylic acids is 1. The number of amides is 1. The van der Waals surface area contributed by atoms with E-state index in [-0.39, 0.29) is 5.91 Å². The van der Waals surface area contributed by atoms with Crippen molar-refractivity contribution in [1.29, 1.82) is 0 Å². The molecule has 0 aliphatic rings. The summed E-state index contributed by atoms with van der Waals surface area (Å²) in [5, 5.41) is 6.32. The van der Waals surface area contributed by atoms with E-state index >= 15 is 0 Å². The van der Waals surface area contributed by atoms with Crippen LogP contribution in [0, 0.1) is 6.92 Å². The van der Waals surface area contributed by atoms with Crippen molar-refractivity contribution in [2.24, 2.45) is 0 Å². The molecule has 0 unspecified atom stereocenters. The Morgan fingerprint density at radius 1 is 1.17 bits per heavy atom. The van der Waals surface area contributed by atoms with E-state index in [1.54, 1.807) is 0 Å². The molecule has 0 saturated heterocycles. The fraction of sp³-hybridized carbons (Fsp3) is 0.316. The summed E-state index contributed by atoms with van der Waals surface area (Å²) in [4.78, 5) is 12.2. The molecular weight excluding hydrogens is 352 g/mol. The minimum absolute atomic E-state index is 0.0505. The van der Waals surface area contributed by atoms with Crippen LogP contribution in [0.2, 0.25) is 0 Å². The Morgan fingerprint density at radius 2 is 1.96 bits per heavy atom. The molecule has 3 nitrogen and oxygen atoms in total. The van der Waals surface area contributed by atoms with E-state index in [0.29, 0.717) is 6.42 Å². The number of nitrogens with one attached hydrogen (secondary N) is 2. The SMILES string of the molecule is CCNCc1ccccc1NC(=O)CCc1ccc(Br)c(C)c1. The van der Waals surface area contributed by atoms with Crippen LogP contribution < -0.4 is 10.6 Å². The van der Waals surface area contributed by atoms with Gasteiger partial charge >= 0.3 is 0 Å². The lowest BCUT2D eigenvalue weighted by molar-refractivity contribution is -0.116. The molecule has 1 amide bonds. The number of halogens is 1. The lowest BCUT2D eigenvalue weighted by Gasteiger charge is -2.11. The Kier molecular flexibility index (Phi) is 6.81. The molecule has 0 aliphatic heterocycles. The van der Waals surface area contributed by atoms with Crippen LogP contribution in [0.5, 0.6) is 0 Å². The van der Waals surface area contributed by atoms with Gasteiger partial charge in [0.2, 0.25) is 5.91 Å². The standard InChI is InChI=1S/C19H23BrN2O/c1-3-21-13-16-6-4-5-7-18(16)22-19(23)11-9-15-8-10-17(20)14(2)12-15/h4-8,10,12,21H,3,9,11,13H2,1-2H3,(H,22,23). The number of benzene rings is 2. The van der Waals surface area contributed by atoms with E-state index in [4.69, 9.17) is 0 Å². The molecule has 0 bridgehead atoms. The van der Waals surface area contributed by atoms with Gasteiger partial charge in [0.15, 0.2) is 0 Å². The van der Waals surface area contributed by atoms with Gasteiger partial charge < -0.3 is 10.6 Å². The summed E-state index contributed by atoms with van der Waals surface area (Å²) in [7, 11) is 0. The molecule has 0 radical (unpaired) electrons. The molecule has 0 atom stereocenters. The molecule has 0 spiro atoms. The first-order valence-electron chi connectivity index (χ1n) is 7.93. The van der Waals surface area contributed by atoms with Crippen LogP contribution in [0.15, 0.2) is 46.9 Å². The fourth-order valence-corrected chi connectivity index (χ4v) is 2.64. The van der Waals surface area contributed by atoms with E-state index in [0.717, 1.165) is 35.2 Å². The van der Waals surface area contributed by atoms with Gasteiger partial charge in [-0.1, -0.05) is 53.2 Å². The quantitative estimate of drug-likeness (QED) is 0.751. The van der Waals surface area contributed by atoms with Crippen molar-refractivity contribution in [3.8, 4) is 0 Å². The lowest BCUT2D eigenvalue weighted by Crippen LogP contribution is -2.17. The summed E-state index contributed by atoms with van der Waals surface area (Å²) >= 11 is 3.50. The zero-order valence-electron chi connectivity index (χ0n) is 13.7. The number of hydrogen-bond donors (Lipinski definition) is 2. The number of aryl methyl sites for hydroxylation is 2. The topological polar surface area (TPSA) is 41.1 Å². The molecule has 122 valence electrons. The summed E-state index contributed by atoms with van der Waals surface area (Å²) in [6, 6.07) is 14.1. The van der Waals surface area contributed by atoms with Crippen LogP contribution in [-0.4, -0.2) is 12.5 Å². The van der Waals surface area contributed by atoms with E-state index in [2.05, 4.69) is 52.5 Å². The van der Waals surface area contributed by atoms with Crippen molar-refractivity contribution in [3.63, 3.8) is 0 Å². The highest BCUT2D eigenvalue weighted by atomic mass is 79.9. The van der Waals surface area contributed by atoms with Gasteiger partial charge in [-0.05, 0) is 48.7 Å². The average Bonchev–Trinajstić information content (AvgIpc) is 2.55. The number of anilines is 1. The Hall–Kier alpha value is -1.65. The summed E-state index contributed by atoms with van der Waals surface area (Å²) in [5.74, 6) is 0.0505. The van der Waals surface area contributed by atoms with Gasteiger partial charge in [-0.3, -0.25) is 4.79 Å². The third kappa shape index (κ3) is 5.48. The van der Waals surface area contributed by atoms with Gasteiger partial charge in [-0.25, -0.2) is 0 Å². The summed E-state index contributed by atoms with van der Waals surface area (Å²) < 4.78 is 1.10. The van der Waals surface area contributed by atoms with Crippen LogP contribution in [0.25, 0.3) is 0 Å². The van der Waals surface area contributed by atoms with E-state index < -0.39 is 0 Å². The molecule has 2 N–H and O–H groups in total. The predicted molar refractivity (Wildman–Crippen MR) is 99.7 cm³/mol. The van der Waals surface area contributed by atoms with Crippen molar-refractivity contribution >= 4 is 27.5 Å². The molecule has 23 heavy (non-hydrogen) atoms. The van der Waals surface area contributed by atoms with Crippen LogP contribution >= 0.6 is 15.9 Å². The highest BCUT2D eigenvalue weighted by Gasteiger charge is 2.07. The van der Waals surface area contributed by atoms with Crippen molar-refractivity contribution in [2.75, 3.05) is 11.9 Å². The molecule has 2 aromatic carbocycles. The largest absolute Gasteiger partial charge is 0.326 e. The van der Waals surface area contributed by atoms with E-state index in [1.165, 1.54) is 11.1 Å². The highest BCUT2D eigenvalue weighted by molar-refractivity contribution is 9.10. The van der Waals surface area contributed by atoms with Crippen LogP contribution in [0.1, 0.15) is 30.0 Å². The minimum atomic E-state index is 0.0505. The molecule has 2 rings (SSSR count). The van der Waals surface area contributed by atoms with Crippen molar-refractivity contribution in [3.05, 3.63) is 63.6 Å². The zero-order valence-corrected chi connectivity index (χ0v) is 15.2. The first kappa shape index (κ1) is 17.7. The summed E-state index contributed by atoms with van der Waals surface area (Å²) in [5.41, 5.74) is 4.38. The van der Waals surface area contributed by atoms with Gasteiger partial charge in [0, 0.05) is 23.1 Å². The Morgan fingerprint density at radius 3 is 2.70 bits per heavy atom. The van der Waals surface area contributed by atoms with Gasteiger partial charge in [-0.2, -0.15) is 0 Å². The Balaban J connectivity index is 1.93. The predicted octanol–water partition coefficient (Wildman–Crippen LogP) is 4.44. The third-order valence-electron chi connectivity index (χ3n) is 3.72. The van der Waals surface area contributed by atoms with E-state index in [1.807, 2.05) is 30.3 Å². The molecule has 2 aromatic rings. The van der Waals surface area contributed by atoms with E-state index in [9.17, 15) is 4.79 Å². The molecule has 0 fully saturated rings. The maximum atomic E-state index is 12.2. The normalized spacial score (nSPS) is 10.6. The second kappa shape index (κ2) is 8.85. The highest BCUT2D eigenvalue weighted by Crippen LogP contribution is 2.19. The molecular formula is C19H23BrN2O. The molecule has 0 saturated carbocycles. The van der Waals surface area contributed by atoms with Crippen LogP contribution in [0.3, 0.4) is 0 Å². The van der Waals surface area contributed by atoms with Gasteiger partial charge in [0.25, 0.3) is 0 Å². The zero-order chi connectivity index (χ0) is 16.7. The van der Waals surface area contributed by atoms with Crippen molar-refractivity contribution in [1.82, 2.24) is 5.32 Å². The Labute approximate surface area is 146 Å².